The molecule has 0 bridgehead atoms. The quantitative estimate of drug-likeness (QED) is 0.0550. The Hall–Kier alpha value is -7.86. The molecular formula is C57H63F3N12O7S. The van der Waals surface area contributed by atoms with Crippen LogP contribution in [0.3, 0.4) is 0 Å². The van der Waals surface area contributed by atoms with Gasteiger partial charge in [0.05, 0.1) is 54.1 Å². The number of amides is 3. The Bertz CT molecular complexity index is 3530. The molecule has 1 saturated carbocycles. The number of nitrogens with two attached hydrogens (primary N) is 1. The number of sulfonamides is 1. The SMILES string of the molecule is CCCCNc1ncc2c(-c3ccc(S(=O)(=O)N4CCOCC4)cc3)nn(C3CCC(O)CC3)c2n1.Cc1cncn1-c1cc(C(=O)Nc2cccc(CCc3ccc4c(c3)CN=C4C(=O)N[C@@H](C)C(N)=O)c2)cc(C(F)(F)F)c1. The second-order valence-electron chi connectivity index (χ2n) is 20.1. The van der Waals surface area contributed by atoms with Crippen molar-refractivity contribution in [1.82, 2.24) is 38.9 Å². The number of unbranched alkanes of at least 4 members (excludes halogenated alkanes) is 1. The Morgan fingerprint density at radius 2 is 1.65 bits per heavy atom. The van der Waals surface area contributed by atoms with E-state index in [1.54, 1.807) is 55.6 Å². The topological polar surface area (TPSA) is 254 Å². The predicted molar refractivity (Wildman–Crippen MR) is 296 cm³/mol. The lowest BCUT2D eigenvalue weighted by molar-refractivity contribution is -0.137. The van der Waals surface area contributed by atoms with Crippen molar-refractivity contribution >= 4 is 56.1 Å². The summed E-state index contributed by atoms with van der Waals surface area (Å²) in [5, 5.41) is 24.3. The third-order valence-electron chi connectivity index (χ3n) is 14.3. The van der Waals surface area contributed by atoms with E-state index in [1.807, 2.05) is 28.9 Å². The number of fused-ring (bicyclic) bond motifs is 2. The zero-order valence-electron chi connectivity index (χ0n) is 44.5. The number of aliphatic hydroxyl groups is 1. The highest BCUT2D eigenvalue weighted by molar-refractivity contribution is 7.89. The van der Waals surface area contributed by atoms with Gasteiger partial charge in [0.1, 0.15) is 17.4 Å². The fourth-order valence-electron chi connectivity index (χ4n) is 9.79. The number of morpholine rings is 1. The lowest BCUT2D eigenvalue weighted by Crippen LogP contribution is -2.44. The largest absolute Gasteiger partial charge is 0.416 e. The van der Waals surface area contributed by atoms with E-state index >= 15 is 0 Å². The Morgan fingerprint density at radius 1 is 0.912 bits per heavy atom. The van der Waals surface area contributed by atoms with E-state index in [0.717, 1.165) is 96.2 Å². The lowest BCUT2D eigenvalue weighted by Gasteiger charge is -2.26. The van der Waals surface area contributed by atoms with E-state index in [0.29, 0.717) is 68.6 Å². The predicted octanol–water partition coefficient (Wildman–Crippen LogP) is 7.73. The highest BCUT2D eigenvalue weighted by atomic mass is 32.2. The molecule has 2 aliphatic heterocycles. The third-order valence-corrected chi connectivity index (χ3v) is 16.2. The van der Waals surface area contributed by atoms with Gasteiger partial charge in [-0.1, -0.05) is 55.8 Å². The van der Waals surface area contributed by atoms with Crippen LogP contribution in [0.4, 0.5) is 24.8 Å². The minimum Gasteiger partial charge on any atom is -0.393 e. The molecule has 4 aromatic carbocycles. The number of alkyl halides is 3. The third kappa shape index (κ3) is 13.2. The first-order valence-corrected chi connectivity index (χ1v) is 28.0. The zero-order chi connectivity index (χ0) is 56.7. The number of anilines is 2. The molecule has 3 amide bonds. The van der Waals surface area contributed by atoms with Gasteiger partial charge < -0.3 is 36.1 Å². The smallest absolute Gasteiger partial charge is 0.393 e. The van der Waals surface area contributed by atoms with Crippen molar-refractivity contribution in [3.8, 4) is 16.9 Å². The van der Waals surface area contributed by atoms with Crippen LogP contribution in [-0.2, 0) is 49.9 Å². The number of ether oxygens (including phenoxy) is 1. The number of aryl methyl sites for hydroxylation is 3. The van der Waals surface area contributed by atoms with E-state index in [4.69, 9.17) is 20.6 Å². The summed E-state index contributed by atoms with van der Waals surface area (Å²) in [5.74, 6) is -1.19. The summed E-state index contributed by atoms with van der Waals surface area (Å²) in [4.78, 5) is 54.8. The van der Waals surface area contributed by atoms with Gasteiger partial charge in [-0.25, -0.2) is 23.1 Å². The first kappa shape index (κ1) is 56.8. The van der Waals surface area contributed by atoms with Gasteiger partial charge in [0.25, 0.3) is 11.8 Å². The maximum absolute atomic E-state index is 13.7. The standard InChI is InChI=1S/C32H29F3N6O3.C25H34N6O4S/c1-18-15-37-17-41(18)26-13-22(12-24(14-26)32(33,34)35)30(43)40-25-5-3-4-20(11-25)6-7-21-8-9-27-23(10-21)16-38-28(27)31(44)39-19(2)29(36)42;1-2-3-12-26-25-27-17-22-23(29-31(24(22)28-25)19-6-8-20(32)9-7-19)18-4-10-21(11-5-18)36(33,34)30-13-15-35-16-14-30/h3-5,8-15,17,19H,6-7,16H2,1-2H3,(H2,36,42)(H,39,44)(H,40,43);4-5,10-11,17,19-20,32H,2-3,6-9,12-16H2,1H3,(H,26,27,28)/t19-;/m0./s1. The van der Waals surface area contributed by atoms with Crippen LogP contribution in [0.5, 0.6) is 0 Å². The molecule has 7 aromatic rings. The van der Waals surface area contributed by atoms with E-state index < -0.39 is 45.5 Å². The number of carbonyl (C=O) groups excluding carboxylic acids is 3. The first-order chi connectivity index (χ1) is 38.4. The molecule has 0 unspecified atom stereocenters. The number of primary amides is 1. The van der Waals surface area contributed by atoms with Crippen molar-refractivity contribution in [3.63, 3.8) is 0 Å². The number of aliphatic imine (C=N–C) groups is 1. The van der Waals surface area contributed by atoms with Crippen LogP contribution in [0.2, 0.25) is 0 Å². The fraction of sp³-hybridized carbons (Fsp3) is 0.368. The number of hydrogen-bond acceptors (Lipinski definition) is 13. The lowest BCUT2D eigenvalue weighted by atomic mass is 9.93. The summed E-state index contributed by atoms with van der Waals surface area (Å²) in [7, 11) is -3.57. The van der Waals surface area contributed by atoms with Gasteiger partial charge >= 0.3 is 6.18 Å². The van der Waals surface area contributed by atoms with Crippen LogP contribution in [0.25, 0.3) is 28.0 Å². The number of rotatable bonds is 17. The second kappa shape index (κ2) is 24.7. The van der Waals surface area contributed by atoms with Crippen LogP contribution >= 0.6 is 0 Å². The molecule has 10 rings (SSSR count). The van der Waals surface area contributed by atoms with E-state index in [2.05, 4.69) is 37.8 Å². The van der Waals surface area contributed by atoms with Crippen LogP contribution < -0.4 is 21.7 Å². The van der Waals surface area contributed by atoms with Crippen LogP contribution in [0, 0.1) is 6.92 Å². The number of nitrogens with one attached hydrogen (secondary N) is 3. The zero-order valence-corrected chi connectivity index (χ0v) is 45.4. The van der Waals surface area contributed by atoms with Crippen LogP contribution in [-0.4, -0.2) is 116 Å². The molecule has 23 heteroatoms. The number of aromatic nitrogens is 6. The highest BCUT2D eigenvalue weighted by Gasteiger charge is 2.33. The monoisotopic (exact) mass is 1120 g/mol. The Kier molecular flexibility index (Phi) is 17.5. The normalized spacial score (nSPS) is 17.0. The molecular weight excluding hydrogens is 1050 g/mol. The summed E-state index contributed by atoms with van der Waals surface area (Å²) in [5.41, 5.74) is 11.5. The van der Waals surface area contributed by atoms with Crippen molar-refractivity contribution in [3.05, 3.63) is 143 Å². The van der Waals surface area contributed by atoms with Gasteiger partial charge in [0, 0.05) is 65.8 Å². The van der Waals surface area contributed by atoms with Gasteiger partial charge in [-0.2, -0.15) is 27.6 Å². The fourth-order valence-corrected chi connectivity index (χ4v) is 11.2. The number of halogens is 3. The van der Waals surface area contributed by atoms with Crippen molar-refractivity contribution in [2.45, 2.75) is 108 Å². The molecule has 3 aliphatic rings. The maximum atomic E-state index is 13.7. The second-order valence-corrected chi connectivity index (χ2v) is 22.0. The molecule has 0 spiro atoms. The van der Waals surface area contributed by atoms with Gasteiger partial charge in [-0.05, 0) is 118 Å². The van der Waals surface area contributed by atoms with Crippen LogP contribution in [0.15, 0.2) is 114 Å². The van der Waals surface area contributed by atoms with Gasteiger partial charge in [0.15, 0.2) is 5.65 Å². The Balaban J connectivity index is 0.000000197. The number of aliphatic hydroxyl groups excluding tert-OH is 1. The molecule has 3 aromatic heterocycles. The summed E-state index contributed by atoms with van der Waals surface area (Å²) in [6.45, 7) is 8.05. The maximum Gasteiger partial charge on any atom is 0.416 e. The number of carbonyl (C=O) groups is 3. The number of hydrogen-bond donors (Lipinski definition) is 5. The van der Waals surface area contributed by atoms with Crippen molar-refractivity contribution in [1.29, 1.82) is 0 Å². The minimum atomic E-state index is -4.64. The molecule has 0 radical (unpaired) electrons. The van der Waals surface area contributed by atoms with Gasteiger partial charge in [-0.15, -0.1) is 0 Å². The number of nitrogens with zero attached hydrogens (tertiary/aromatic N) is 8. The molecule has 1 aliphatic carbocycles. The Morgan fingerprint density at radius 3 is 2.34 bits per heavy atom. The summed E-state index contributed by atoms with van der Waals surface area (Å²) < 4.78 is 77.3. The summed E-state index contributed by atoms with van der Waals surface area (Å²) in [6, 6.07) is 22.3. The summed E-state index contributed by atoms with van der Waals surface area (Å²) in [6.07, 6.45) is 6.35. The average Bonchev–Trinajstić information content (AvgIpc) is 4.30. The van der Waals surface area contributed by atoms with Crippen molar-refractivity contribution in [2.75, 3.05) is 43.5 Å². The molecule has 19 nitrogen and oxygen atoms in total. The number of benzene rings is 4. The highest BCUT2D eigenvalue weighted by Crippen LogP contribution is 2.36. The summed E-state index contributed by atoms with van der Waals surface area (Å²) >= 11 is 0. The molecule has 6 N–H and O–H groups in total. The molecule has 420 valence electrons. The van der Waals surface area contributed by atoms with E-state index in [9.17, 15) is 41.1 Å². The average molecular weight is 1120 g/mol. The molecule has 1 saturated heterocycles. The van der Waals surface area contributed by atoms with E-state index in [-0.39, 0.29) is 34.0 Å². The first-order valence-electron chi connectivity index (χ1n) is 26.6. The minimum absolute atomic E-state index is 0.133. The Labute approximate surface area is 460 Å². The van der Waals surface area contributed by atoms with Gasteiger partial charge in [-0.3, -0.25) is 19.4 Å². The van der Waals surface area contributed by atoms with Crippen molar-refractivity contribution < 1.29 is 45.8 Å². The van der Waals surface area contributed by atoms with E-state index in [1.165, 1.54) is 34.4 Å². The van der Waals surface area contributed by atoms with Crippen LogP contribution in [0.1, 0.15) is 102 Å². The number of imidazole rings is 1. The molecule has 2 fully saturated rings. The molecule has 5 heterocycles. The van der Waals surface area contributed by atoms with Crippen molar-refractivity contribution in [2.24, 2.45) is 10.7 Å². The molecule has 80 heavy (non-hydrogen) atoms. The molecule has 1 atom stereocenters. The van der Waals surface area contributed by atoms with Gasteiger partial charge in [0.2, 0.25) is 21.9 Å².